The summed E-state index contributed by atoms with van der Waals surface area (Å²) in [4.78, 5) is 62.1. The Morgan fingerprint density at radius 3 is 2.22 bits per heavy atom. The van der Waals surface area contributed by atoms with Crippen molar-refractivity contribution in [2.24, 2.45) is 11.7 Å². The van der Waals surface area contributed by atoms with Crippen molar-refractivity contribution in [2.75, 3.05) is 13.2 Å². The number of esters is 1. The highest BCUT2D eigenvalue weighted by atomic mass is 16.7. The van der Waals surface area contributed by atoms with Gasteiger partial charge in [-0.3, -0.25) is 24.0 Å². The molecule has 1 heterocycles. The van der Waals surface area contributed by atoms with Crippen LogP contribution in [-0.2, 0) is 49.5 Å². The molecule has 2 rings (SSSR count). The number of aliphatic hydroxyl groups excluding tert-OH is 2. The topological polar surface area (TPSA) is 225 Å². The summed E-state index contributed by atoms with van der Waals surface area (Å²) in [7, 11) is 0. The molecule has 7 atom stereocenters. The quantitative estimate of drug-likeness (QED) is 0.124. The Hall–Kier alpha value is -3.63. The molecule has 1 saturated heterocycles. The summed E-state index contributed by atoms with van der Waals surface area (Å²) in [5, 5.41) is 28.4. The van der Waals surface area contributed by atoms with E-state index in [0.29, 0.717) is 0 Å². The number of carbonyl (C=O) groups excluding carboxylic acids is 5. The second-order valence-electron chi connectivity index (χ2n) is 12.4. The fraction of sp³-hybridized carbons (Fsp3) is 0.645. The van der Waals surface area contributed by atoms with Crippen LogP contribution in [0.4, 0.5) is 0 Å². The Morgan fingerprint density at radius 2 is 1.65 bits per heavy atom. The predicted octanol–water partition coefficient (Wildman–Crippen LogP) is -0.596. The summed E-state index contributed by atoms with van der Waals surface area (Å²) in [5.41, 5.74) is 5.47. The molecule has 15 heteroatoms. The van der Waals surface area contributed by atoms with Crippen molar-refractivity contribution >= 4 is 29.6 Å². The van der Waals surface area contributed by atoms with Crippen molar-refractivity contribution in [1.29, 1.82) is 0 Å². The molecule has 258 valence electrons. The lowest BCUT2D eigenvalue weighted by molar-refractivity contribution is -0.279. The standard InChI is InChI=1S/C31H48N4O11/c1-17(2)28(41)35-24-26(25(39)21(14-36)45-30(24)44-15-19-10-8-7-9-11-19)43-16-22(37)33-18(3)29(42)34-20(27(32)40)12-13-23(38)46-31(4,5)6/h7-11,17-18,20-21,24-26,30,36,39H,12-16H2,1-6H3,(H2,32,40)(H,33,37)(H,34,42)(H,35,41)/t18?,20?,21-,24-,25-,26-,30+/m1/s1. The van der Waals surface area contributed by atoms with E-state index in [1.54, 1.807) is 34.6 Å². The Labute approximate surface area is 268 Å². The first-order valence-corrected chi connectivity index (χ1v) is 15.1. The number of aliphatic hydroxyl groups is 2. The molecule has 46 heavy (non-hydrogen) atoms. The smallest absolute Gasteiger partial charge is 0.306 e. The molecule has 0 spiro atoms. The largest absolute Gasteiger partial charge is 0.460 e. The minimum Gasteiger partial charge on any atom is -0.460 e. The van der Waals surface area contributed by atoms with Crippen LogP contribution in [0.3, 0.4) is 0 Å². The zero-order valence-electron chi connectivity index (χ0n) is 27.2. The fourth-order valence-corrected chi connectivity index (χ4v) is 4.40. The summed E-state index contributed by atoms with van der Waals surface area (Å²) < 4.78 is 22.7. The third-order valence-electron chi connectivity index (χ3n) is 6.84. The molecule has 0 radical (unpaired) electrons. The third-order valence-corrected chi connectivity index (χ3v) is 6.84. The van der Waals surface area contributed by atoms with Gasteiger partial charge in [-0.1, -0.05) is 44.2 Å². The first kappa shape index (κ1) is 38.6. The van der Waals surface area contributed by atoms with E-state index in [0.717, 1.165) is 5.56 Å². The van der Waals surface area contributed by atoms with E-state index in [-0.39, 0.29) is 19.4 Å². The van der Waals surface area contributed by atoms with E-state index in [9.17, 15) is 34.2 Å². The number of nitrogens with two attached hydrogens (primary N) is 1. The van der Waals surface area contributed by atoms with Gasteiger partial charge in [-0.15, -0.1) is 0 Å². The maximum absolute atomic E-state index is 12.8. The van der Waals surface area contributed by atoms with Crippen molar-refractivity contribution < 1.29 is 53.1 Å². The lowest BCUT2D eigenvalue weighted by Crippen LogP contribution is -2.66. The molecule has 1 fully saturated rings. The molecule has 2 unspecified atom stereocenters. The number of benzene rings is 1. The highest BCUT2D eigenvalue weighted by Crippen LogP contribution is 2.26. The number of carbonyl (C=O) groups is 5. The van der Waals surface area contributed by atoms with Crippen LogP contribution in [0.15, 0.2) is 30.3 Å². The first-order chi connectivity index (χ1) is 21.5. The van der Waals surface area contributed by atoms with Gasteiger partial charge < -0.3 is 50.8 Å². The molecular formula is C31H48N4O11. The molecule has 1 aromatic rings. The zero-order chi connectivity index (χ0) is 34.6. The fourth-order valence-electron chi connectivity index (χ4n) is 4.40. The number of primary amides is 1. The zero-order valence-corrected chi connectivity index (χ0v) is 27.2. The molecule has 7 N–H and O–H groups in total. The molecule has 0 aliphatic carbocycles. The minimum atomic E-state index is -1.46. The molecule has 1 aliphatic rings. The number of amides is 4. The molecule has 1 aromatic carbocycles. The predicted molar refractivity (Wildman–Crippen MR) is 163 cm³/mol. The molecule has 4 amide bonds. The number of ether oxygens (including phenoxy) is 4. The Bertz CT molecular complexity index is 1170. The third kappa shape index (κ3) is 12.6. The Kier molecular flexibility index (Phi) is 15.0. The number of rotatable bonds is 16. The average molecular weight is 653 g/mol. The van der Waals surface area contributed by atoms with Crippen LogP contribution in [0.5, 0.6) is 0 Å². The van der Waals surface area contributed by atoms with E-state index in [2.05, 4.69) is 16.0 Å². The maximum Gasteiger partial charge on any atom is 0.306 e. The van der Waals surface area contributed by atoms with Crippen molar-refractivity contribution in [1.82, 2.24) is 16.0 Å². The van der Waals surface area contributed by atoms with Crippen molar-refractivity contribution in [3.63, 3.8) is 0 Å². The second-order valence-corrected chi connectivity index (χ2v) is 12.4. The molecular weight excluding hydrogens is 604 g/mol. The van der Waals surface area contributed by atoms with Crippen LogP contribution in [0.25, 0.3) is 0 Å². The van der Waals surface area contributed by atoms with Gasteiger partial charge in [0.15, 0.2) is 6.29 Å². The monoisotopic (exact) mass is 652 g/mol. The van der Waals surface area contributed by atoms with Crippen LogP contribution in [0.2, 0.25) is 0 Å². The lowest BCUT2D eigenvalue weighted by Gasteiger charge is -2.44. The number of hydrogen-bond acceptors (Lipinski definition) is 11. The van der Waals surface area contributed by atoms with Gasteiger partial charge in [0, 0.05) is 12.3 Å². The van der Waals surface area contributed by atoms with E-state index < -0.39 is 97.1 Å². The molecule has 0 bridgehead atoms. The van der Waals surface area contributed by atoms with Crippen molar-refractivity contribution in [2.45, 2.75) is 109 Å². The lowest BCUT2D eigenvalue weighted by atomic mass is 9.96. The van der Waals surface area contributed by atoms with Crippen LogP contribution < -0.4 is 21.7 Å². The van der Waals surface area contributed by atoms with E-state index >= 15 is 0 Å². The minimum absolute atomic E-state index is 0.0811. The van der Waals surface area contributed by atoms with Crippen LogP contribution in [0, 0.1) is 5.92 Å². The van der Waals surface area contributed by atoms with Gasteiger partial charge in [0.1, 0.15) is 48.6 Å². The van der Waals surface area contributed by atoms with Crippen LogP contribution in [-0.4, -0.2) is 101 Å². The highest BCUT2D eigenvalue weighted by molar-refractivity contribution is 5.91. The summed E-state index contributed by atoms with van der Waals surface area (Å²) in [6, 6.07) is 5.71. The maximum atomic E-state index is 12.8. The van der Waals surface area contributed by atoms with E-state index in [1.165, 1.54) is 6.92 Å². The first-order valence-electron chi connectivity index (χ1n) is 15.1. The van der Waals surface area contributed by atoms with Gasteiger partial charge in [-0.05, 0) is 39.7 Å². The Balaban J connectivity index is 2.06. The normalized spacial score (nSPS) is 22.8. The molecule has 0 saturated carbocycles. The molecule has 1 aliphatic heterocycles. The van der Waals surface area contributed by atoms with E-state index in [1.807, 2.05) is 30.3 Å². The van der Waals surface area contributed by atoms with Gasteiger partial charge in [-0.25, -0.2) is 0 Å². The summed E-state index contributed by atoms with van der Waals surface area (Å²) in [6.07, 6.45) is -5.31. The number of nitrogens with one attached hydrogen (secondary N) is 3. The van der Waals surface area contributed by atoms with E-state index in [4.69, 9.17) is 24.7 Å². The van der Waals surface area contributed by atoms with Gasteiger partial charge in [0.2, 0.25) is 23.6 Å². The Morgan fingerprint density at radius 1 is 1.00 bits per heavy atom. The van der Waals surface area contributed by atoms with Gasteiger partial charge in [-0.2, -0.15) is 0 Å². The highest BCUT2D eigenvalue weighted by Gasteiger charge is 2.47. The number of hydrogen-bond donors (Lipinski definition) is 6. The average Bonchev–Trinajstić information content (AvgIpc) is 2.97. The summed E-state index contributed by atoms with van der Waals surface area (Å²) in [6.45, 7) is 8.61. The van der Waals surface area contributed by atoms with Crippen molar-refractivity contribution in [3.8, 4) is 0 Å². The summed E-state index contributed by atoms with van der Waals surface area (Å²) >= 11 is 0. The molecule has 0 aromatic heterocycles. The molecule has 15 nitrogen and oxygen atoms in total. The summed E-state index contributed by atoms with van der Waals surface area (Å²) in [5.74, 6) is -3.79. The SMILES string of the molecule is CC(C)C(=O)N[C@H]1[C@@H](OCc2ccccc2)O[C@H](CO)[C@@H](O)[C@@H]1OCC(=O)NC(C)C(=O)NC(CCC(=O)OC(C)(C)C)C(N)=O. The van der Waals surface area contributed by atoms with Gasteiger partial charge >= 0.3 is 5.97 Å². The van der Waals surface area contributed by atoms with Crippen LogP contribution >= 0.6 is 0 Å². The second kappa shape index (κ2) is 17.9. The van der Waals surface area contributed by atoms with Gasteiger partial charge in [0.05, 0.1) is 13.2 Å². The van der Waals surface area contributed by atoms with Crippen LogP contribution in [0.1, 0.15) is 59.9 Å². The van der Waals surface area contributed by atoms with Gasteiger partial charge in [0.25, 0.3) is 0 Å². The van der Waals surface area contributed by atoms with Crippen molar-refractivity contribution in [3.05, 3.63) is 35.9 Å².